The molecule has 0 aliphatic heterocycles. The Morgan fingerprint density at radius 3 is 2.50 bits per heavy atom. The highest BCUT2D eigenvalue weighted by Crippen LogP contribution is 2.23. The molecule has 1 rings (SSSR count). The smallest absolute Gasteiger partial charge is 0.0406 e. The van der Waals surface area contributed by atoms with Crippen molar-refractivity contribution in [3.05, 3.63) is 29.3 Å². The van der Waals surface area contributed by atoms with E-state index >= 15 is 0 Å². The highest BCUT2D eigenvalue weighted by Gasteiger charge is 2.11. The van der Waals surface area contributed by atoms with Crippen LogP contribution in [-0.2, 0) is 0 Å². The lowest BCUT2D eigenvalue weighted by Crippen LogP contribution is -2.29. The first kappa shape index (κ1) is 15.9. The largest absolute Gasteiger partial charge is 0.316 e. The van der Waals surface area contributed by atoms with Crippen LogP contribution in [-0.4, -0.2) is 18.8 Å². The third-order valence-electron chi connectivity index (χ3n) is 3.14. The molecule has 0 aliphatic carbocycles. The second-order valence-corrected chi connectivity index (χ2v) is 6.41. The lowest BCUT2D eigenvalue weighted by molar-refractivity contribution is 0.420. The van der Waals surface area contributed by atoms with Gasteiger partial charge in [-0.25, -0.2) is 0 Å². The molecule has 2 atom stereocenters. The van der Waals surface area contributed by atoms with Gasteiger partial charge in [-0.2, -0.15) is 0 Å². The molecule has 1 aromatic rings. The van der Waals surface area contributed by atoms with Crippen molar-refractivity contribution in [2.75, 3.05) is 12.8 Å². The van der Waals surface area contributed by atoms with Gasteiger partial charge < -0.3 is 5.32 Å². The molecule has 0 saturated heterocycles. The summed E-state index contributed by atoms with van der Waals surface area (Å²) < 4.78 is 0. The molecule has 1 nitrogen and oxygen atoms in total. The quantitative estimate of drug-likeness (QED) is 0.686. The van der Waals surface area contributed by atoms with E-state index in [-0.39, 0.29) is 0 Å². The minimum atomic E-state index is 0.590. The van der Waals surface area contributed by atoms with Crippen LogP contribution in [0.2, 0.25) is 5.02 Å². The number of hydrogen-bond donors (Lipinski definition) is 1. The van der Waals surface area contributed by atoms with Crippen LogP contribution < -0.4 is 5.32 Å². The number of nitrogens with one attached hydrogen (secondary N) is 1. The zero-order valence-electron chi connectivity index (χ0n) is 11.6. The van der Waals surface area contributed by atoms with Gasteiger partial charge in [-0.05, 0) is 43.7 Å². The van der Waals surface area contributed by atoms with Crippen LogP contribution in [0.3, 0.4) is 0 Å². The van der Waals surface area contributed by atoms with E-state index in [0.29, 0.717) is 6.04 Å². The van der Waals surface area contributed by atoms with Crippen LogP contribution in [0.25, 0.3) is 0 Å². The van der Waals surface area contributed by atoms with Crippen LogP contribution in [0, 0.1) is 5.92 Å². The van der Waals surface area contributed by atoms with Gasteiger partial charge in [0.15, 0.2) is 0 Å². The van der Waals surface area contributed by atoms with E-state index in [1.54, 1.807) is 0 Å². The molecule has 2 unspecified atom stereocenters. The van der Waals surface area contributed by atoms with Crippen LogP contribution in [0.4, 0.5) is 0 Å². The third-order valence-corrected chi connectivity index (χ3v) is 4.57. The summed E-state index contributed by atoms with van der Waals surface area (Å²) >= 11 is 7.78. The van der Waals surface area contributed by atoms with E-state index in [4.69, 9.17) is 11.6 Å². The average Bonchev–Trinajstić information content (AvgIpc) is 2.36. The zero-order chi connectivity index (χ0) is 13.4. The number of rotatable bonds is 8. The summed E-state index contributed by atoms with van der Waals surface area (Å²) in [5.74, 6) is 1.92. The Morgan fingerprint density at radius 1 is 1.28 bits per heavy atom. The lowest BCUT2D eigenvalue weighted by Gasteiger charge is -2.20. The Bertz CT molecular complexity index is 326. The fourth-order valence-corrected chi connectivity index (χ4v) is 3.24. The maximum absolute atomic E-state index is 5.88. The van der Waals surface area contributed by atoms with Gasteiger partial charge in [-0.15, -0.1) is 11.8 Å². The third kappa shape index (κ3) is 6.12. The van der Waals surface area contributed by atoms with Gasteiger partial charge in [0, 0.05) is 21.7 Å². The summed E-state index contributed by atoms with van der Waals surface area (Å²) in [7, 11) is 2.06. The second-order valence-electron chi connectivity index (χ2n) is 4.88. The molecule has 18 heavy (non-hydrogen) atoms. The van der Waals surface area contributed by atoms with Crippen molar-refractivity contribution in [3.63, 3.8) is 0 Å². The fraction of sp³-hybridized carbons (Fsp3) is 0.600. The second kappa shape index (κ2) is 8.84. The van der Waals surface area contributed by atoms with Gasteiger partial charge in [0.2, 0.25) is 0 Å². The monoisotopic (exact) mass is 285 g/mol. The van der Waals surface area contributed by atoms with E-state index in [1.807, 2.05) is 23.9 Å². The molecule has 0 radical (unpaired) electrons. The Kier molecular flexibility index (Phi) is 7.80. The first-order valence-corrected chi connectivity index (χ1v) is 8.07. The highest BCUT2D eigenvalue weighted by molar-refractivity contribution is 7.99. The SMILES string of the molecule is CCCC(C)CC(CSc1ccc(Cl)cc1)NC. The molecule has 102 valence electrons. The Morgan fingerprint density at radius 2 is 1.94 bits per heavy atom. The summed E-state index contributed by atoms with van der Waals surface area (Å²) in [6, 6.07) is 8.69. The van der Waals surface area contributed by atoms with Gasteiger partial charge in [-0.1, -0.05) is 38.3 Å². The van der Waals surface area contributed by atoms with Crippen molar-refractivity contribution in [2.24, 2.45) is 5.92 Å². The van der Waals surface area contributed by atoms with E-state index in [1.165, 1.54) is 24.2 Å². The Hall–Kier alpha value is -0.180. The minimum absolute atomic E-state index is 0.590. The number of benzene rings is 1. The molecule has 3 heteroatoms. The standard InChI is InChI=1S/C15H24ClNS/c1-4-5-12(2)10-14(17-3)11-18-15-8-6-13(16)7-9-15/h6-9,12,14,17H,4-5,10-11H2,1-3H3. The topological polar surface area (TPSA) is 12.0 Å². The summed E-state index contributed by atoms with van der Waals surface area (Å²) in [6.45, 7) is 4.61. The normalized spacial score (nSPS) is 14.4. The van der Waals surface area contributed by atoms with E-state index in [0.717, 1.165) is 16.7 Å². The maximum atomic E-state index is 5.88. The maximum Gasteiger partial charge on any atom is 0.0406 e. The van der Waals surface area contributed by atoms with Crippen molar-refractivity contribution in [1.29, 1.82) is 0 Å². The van der Waals surface area contributed by atoms with Crippen LogP contribution >= 0.6 is 23.4 Å². The number of thioether (sulfide) groups is 1. The molecule has 1 aromatic carbocycles. The lowest BCUT2D eigenvalue weighted by atomic mass is 9.98. The van der Waals surface area contributed by atoms with Gasteiger partial charge in [0.05, 0.1) is 0 Å². The van der Waals surface area contributed by atoms with Gasteiger partial charge >= 0.3 is 0 Å². The molecule has 0 aliphatic rings. The number of halogens is 1. The van der Waals surface area contributed by atoms with Crippen molar-refractivity contribution in [3.8, 4) is 0 Å². The predicted octanol–water partition coefficient (Wildman–Crippen LogP) is 4.85. The predicted molar refractivity (Wildman–Crippen MR) is 83.7 cm³/mol. The summed E-state index contributed by atoms with van der Waals surface area (Å²) in [5.41, 5.74) is 0. The molecular formula is C15H24ClNS. The van der Waals surface area contributed by atoms with Gasteiger partial charge in [0.1, 0.15) is 0 Å². The van der Waals surface area contributed by atoms with E-state index in [2.05, 4.69) is 38.3 Å². The molecule has 0 amide bonds. The van der Waals surface area contributed by atoms with E-state index < -0.39 is 0 Å². The number of hydrogen-bond acceptors (Lipinski definition) is 2. The summed E-state index contributed by atoms with van der Waals surface area (Å²) in [6.07, 6.45) is 3.86. The molecule has 0 heterocycles. The molecule has 0 spiro atoms. The summed E-state index contributed by atoms with van der Waals surface area (Å²) in [5, 5.41) is 4.23. The summed E-state index contributed by atoms with van der Waals surface area (Å²) in [4.78, 5) is 1.29. The molecule has 1 N–H and O–H groups in total. The molecule has 0 saturated carbocycles. The molecule has 0 bridgehead atoms. The van der Waals surface area contributed by atoms with Crippen LogP contribution in [0.5, 0.6) is 0 Å². The average molecular weight is 286 g/mol. The zero-order valence-corrected chi connectivity index (χ0v) is 13.2. The Balaban J connectivity index is 2.37. The van der Waals surface area contributed by atoms with Gasteiger partial charge in [-0.3, -0.25) is 0 Å². The molecule has 0 fully saturated rings. The highest BCUT2D eigenvalue weighted by atomic mass is 35.5. The van der Waals surface area contributed by atoms with E-state index in [9.17, 15) is 0 Å². The molecule has 0 aromatic heterocycles. The van der Waals surface area contributed by atoms with Crippen molar-refractivity contribution < 1.29 is 0 Å². The first-order valence-electron chi connectivity index (χ1n) is 6.71. The van der Waals surface area contributed by atoms with Crippen LogP contribution in [0.1, 0.15) is 33.1 Å². The minimum Gasteiger partial charge on any atom is -0.316 e. The fourth-order valence-electron chi connectivity index (χ4n) is 2.09. The van der Waals surface area contributed by atoms with Crippen molar-refractivity contribution in [2.45, 2.75) is 44.0 Å². The van der Waals surface area contributed by atoms with Crippen molar-refractivity contribution >= 4 is 23.4 Å². The first-order chi connectivity index (χ1) is 8.65. The molecular weight excluding hydrogens is 262 g/mol. The van der Waals surface area contributed by atoms with Crippen LogP contribution in [0.15, 0.2) is 29.2 Å². The van der Waals surface area contributed by atoms with Crippen molar-refractivity contribution in [1.82, 2.24) is 5.32 Å². The Labute approximate surface area is 121 Å². The van der Waals surface area contributed by atoms with Gasteiger partial charge in [0.25, 0.3) is 0 Å².